The third kappa shape index (κ3) is 2.24. The Kier molecular flexibility index (Phi) is 3.09. The van der Waals surface area contributed by atoms with Gasteiger partial charge in [-0.3, -0.25) is 0 Å². The van der Waals surface area contributed by atoms with Crippen molar-refractivity contribution in [3.63, 3.8) is 0 Å². The van der Waals surface area contributed by atoms with Crippen LogP contribution in [0.15, 0.2) is 30.4 Å². The number of anilines is 1. The number of nitrogens with one attached hydrogen (secondary N) is 1. The summed E-state index contributed by atoms with van der Waals surface area (Å²) in [5.74, 6) is 2.50. The van der Waals surface area contributed by atoms with Crippen LogP contribution < -0.4 is 5.32 Å². The van der Waals surface area contributed by atoms with Gasteiger partial charge in [0.25, 0.3) is 0 Å². The number of nitrogens with zero attached hydrogens (tertiary/aromatic N) is 1. The summed E-state index contributed by atoms with van der Waals surface area (Å²) in [6.45, 7) is 4.58. The van der Waals surface area contributed by atoms with Crippen LogP contribution in [0.2, 0.25) is 0 Å². The zero-order chi connectivity index (χ0) is 15.4. The second kappa shape index (κ2) is 5.07. The monoisotopic (exact) mass is 312 g/mol. The van der Waals surface area contributed by atoms with Crippen molar-refractivity contribution in [2.24, 2.45) is 17.8 Å². The number of fused-ring (bicyclic) bond motifs is 4. The minimum atomic E-state index is -0.0944. The fourth-order valence-corrected chi connectivity index (χ4v) is 5.51. The first kappa shape index (κ1) is 14.0. The normalized spacial score (nSPS) is 34.0. The van der Waals surface area contributed by atoms with Gasteiger partial charge in [-0.25, -0.2) is 4.39 Å². The molecule has 2 bridgehead atoms. The second-order valence-electron chi connectivity index (χ2n) is 8.16. The zero-order valence-electron chi connectivity index (χ0n) is 13.6. The van der Waals surface area contributed by atoms with Crippen LogP contribution >= 0.6 is 0 Å². The molecule has 3 heteroatoms. The predicted molar refractivity (Wildman–Crippen MR) is 91.1 cm³/mol. The summed E-state index contributed by atoms with van der Waals surface area (Å²) >= 11 is 0. The average Bonchev–Trinajstić information content (AvgIpc) is 3.25. The second-order valence-corrected chi connectivity index (χ2v) is 8.16. The van der Waals surface area contributed by atoms with E-state index in [4.69, 9.17) is 0 Å². The van der Waals surface area contributed by atoms with Crippen LogP contribution in [-0.2, 0) is 5.41 Å². The molecule has 5 rings (SSSR count). The summed E-state index contributed by atoms with van der Waals surface area (Å²) in [6.07, 6.45) is 10.0. The fourth-order valence-electron chi connectivity index (χ4n) is 5.51. The summed E-state index contributed by atoms with van der Waals surface area (Å²) in [7, 11) is 0. The van der Waals surface area contributed by atoms with Gasteiger partial charge in [-0.1, -0.05) is 12.2 Å². The molecular formula is C20H25FN2. The van der Waals surface area contributed by atoms with E-state index in [9.17, 15) is 4.39 Å². The Bertz CT molecular complexity index is 645. The van der Waals surface area contributed by atoms with Crippen LogP contribution in [0.4, 0.5) is 10.1 Å². The highest BCUT2D eigenvalue weighted by atomic mass is 19.1. The molecule has 2 aliphatic carbocycles. The summed E-state index contributed by atoms with van der Waals surface area (Å²) in [5, 5.41) is 3.50. The van der Waals surface area contributed by atoms with Crippen molar-refractivity contribution in [1.82, 2.24) is 4.90 Å². The molecule has 1 spiro atoms. The van der Waals surface area contributed by atoms with Crippen molar-refractivity contribution in [1.29, 1.82) is 0 Å². The summed E-state index contributed by atoms with van der Waals surface area (Å²) in [5.41, 5.74) is 2.54. The lowest BCUT2D eigenvalue weighted by Crippen LogP contribution is -2.45. The molecule has 0 amide bonds. The van der Waals surface area contributed by atoms with Crippen molar-refractivity contribution in [2.75, 3.05) is 31.5 Å². The van der Waals surface area contributed by atoms with E-state index in [-0.39, 0.29) is 11.2 Å². The van der Waals surface area contributed by atoms with Gasteiger partial charge in [-0.2, -0.15) is 0 Å². The van der Waals surface area contributed by atoms with Crippen molar-refractivity contribution >= 4 is 5.69 Å². The molecule has 2 nitrogen and oxygen atoms in total. The first-order valence-electron chi connectivity index (χ1n) is 9.16. The van der Waals surface area contributed by atoms with Crippen LogP contribution in [0.25, 0.3) is 0 Å². The van der Waals surface area contributed by atoms with E-state index >= 15 is 0 Å². The first-order valence-corrected chi connectivity index (χ1v) is 9.16. The predicted octanol–water partition coefficient (Wildman–Crippen LogP) is 3.80. The van der Waals surface area contributed by atoms with Gasteiger partial charge in [-0.15, -0.1) is 0 Å². The molecule has 1 aromatic rings. The van der Waals surface area contributed by atoms with Gasteiger partial charge in [0.05, 0.1) is 0 Å². The van der Waals surface area contributed by atoms with Gasteiger partial charge in [0.2, 0.25) is 0 Å². The number of hydrogen-bond acceptors (Lipinski definition) is 2. The lowest BCUT2D eigenvalue weighted by atomic mass is 9.74. The van der Waals surface area contributed by atoms with Crippen LogP contribution in [0.3, 0.4) is 0 Å². The average molecular weight is 312 g/mol. The number of likely N-dealkylation sites (tertiary alicyclic amines) is 1. The van der Waals surface area contributed by atoms with E-state index in [1.54, 1.807) is 12.1 Å². The molecule has 0 aromatic heterocycles. The maximum Gasteiger partial charge on any atom is 0.123 e. The highest BCUT2D eigenvalue weighted by Crippen LogP contribution is 2.46. The molecule has 122 valence electrons. The van der Waals surface area contributed by atoms with Crippen LogP contribution in [-0.4, -0.2) is 31.1 Å². The van der Waals surface area contributed by atoms with Gasteiger partial charge in [0, 0.05) is 24.2 Å². The van der Waals surface area contributed by atoms with Crippen LogP contribution in [0.5, 0.6) is 0 Å². The summed E-state index contributed by atoms with van der Waals surface area (Å²) in [6, 6.07) is 5.25. The molecule has 1 aromatic carbocycles. The lowest BCUT2D eigenvalue weighted by Gasteiger charge is -2.40. The number of rotatable bonds is 2. The Morgan fingerprint density at radius 1 is 1.17 bits per heavy atom. The minimum Gasteiger partial charge on any atom is -0.384 e. The largest absolute Gasteiger partial charge is 0.384 e. The van der Waals surface area contributed by atoms with Crippen LogP contribution in [0.1, 0.15) is 31.2 Å². The maximum atomic E-state index is 13.7. The van der Waals surface area contributed by atoms with Crippen molar-refractivity contribution in [3.8, 4) is 0 Å². The number of hydrogen-bond donors (Lipinski definition) is 1. The Balaban J connectivity index is 1.27. The molecule has 1 saturated heterocycles. The van der Waals surface area contributed by atoms with E-state index in [2.05, 4.69) is 22.4 Å². The highest BCUT2D eigenvalue weighted by molar-refractivity contribution is 5.60. The van der Waals surface area contributed by atoms with E-state index in [0.717, 1.165) is 55.9 Å². The van der Waals surface area contributed by atoms with Crippen molar-refractivity contribution < 1.29 is 4.39 Å². The van der Waals surface area contributed by atoms with Gasteiger partial charge in [-0.05, 0) is 80.3 Å². The Hall–Kier alpha value is -1.35. The molecule has 2 aliphatic heterocycles. The lowest BCUT2D eigenvalue weighted by molar-refractivity contribution is 0.140. The first-order chi connectivity index (χ1) is 11.2. The molecule has 1 saturated carbocycles. The van der Waals surface area contributed by atoms with Gasteiger partial charge in [0.15, 0.2) is 0 Å². The quantitative estimate of drug-likeness (QED) is 0.836. The number of benzene rings is 1. The molecule has 0 radical (unpaired) electrons. The van der Waals surface area contributed by atoms with Gasteiger partial charge < -0.3 is 10.2 Å². The minimum absolute atomic E-state index is 0.0944. The zero-order valence-corrected chi connectivity index (χ0v) is 13.6. The van der Waals surface area contributed by atoms with E-state index < -0.39 is 0 Å². The van der Waals surface area contributed by atoms with Gasteiger partial charge >= 0.3 is 0 Å². The topological polar surface area (TPSA) is 15.3 Å². The fraction of sp³-hybridized carbons (Fsp3) is 0.600. The number of piperidine rings is 1. The third-order valence-corrected chi connectivity index (χ3v) is 6.89. The van der Waals surface area contributed by atoms with Crippen molar-refractivity contribution in [2.45, 2.75) is 31.1 Å². The Morgan fingerprint density at radius 3 is 2.78 bits per heavy atom. The third-order valence-electron chi connectivity index (χ3n) is 6.89. The molecule has 23 heavy (non-hydrogen) atoms. The molecule has 0 unspecified atom stereocenters. The summed E-state index contributed by atoms with van der Waals surface area (Å²) < 4.78 is 13.7. The SMILES string of the molecule is Fc1ccc2c(c1)C1(CCN(C[C@@H]3C[C@H]4C=C[C@H]3C4)CC1)CN2. The number of halogens is 1. The summed E-state index contributed by atoms with van der Waals surface area (Å²) in [4.78, 5) is 2.67. The van der Waals surface area contributed by atoms with E-state index in [1.165, 1.54) is 24.9 Å². The van der Waals surface area contributed by atoms with E-state index in [1.807, 2.05) is 6.07 Å². The van der Waals surface area contributed by atoms with E-state index in [0.29, 0.717) is 0 Å². The molecule has 2 heterocycles. The molecule has 4 aliphatic rings. The highest BCUT2D eigenvalue weighted by Gasteiger charge is 2.43. The molecule has 3 atom stereocenters. The molecule has 2 fully saturated rings. The Labute approximate surface area is 137 Å². The molecular weight excluding hydrogens is 287 g/mol. The maximum absolute atomic E-state index is 13.7. The molecule has 1 N–H and O–H groups in total. The van der Waals surface area contributed by atoms with Crippen molar-refractivity contribution in [3.05, 3.63) is 41.7 Å². The standard InChI is InChI=1S/C20H25FN2/c21-17-3-4-19-18(11-17)20(13-22-19)5-7-23(8-6-20)12-16-10-14-1-2-15(16)9-14/h1-4,11,14-16,22H,5-10,12-13H2/t14-,15-,16-/m0/s1. The Morgan fingerprint density at radius 2 is 2.04 bits per heavy atom. The smallest absolute Gasteiger partial charge is 0.123 e. The number of allylic oxidation sites excluding steroid dienone is 2. The van der Waals surface area contributed by atoms with Gasteiger partial charge in [0.1, 0.15) is 5.82 Å². The van der Waals surface area contributed by atoms with Crippen LogP contribution in [0, 0.1) is 23.6 Å².